The maximum absolute atomic E-state index is 13.3. The summed E-state index contributed by atoms with van der Waals surface area (Å²) in [7, 11) is 3.05. The molecule has 0 saturated carbocycles. The Hall–Kier alpha value is -3.58. The van der Waals surface area contributed by atoms with Gasteiger partial charge in [0.05, 0.1) is 38.2 Å². The fourth-order valence-corrected chi connectivity index (χ4v) is 6.79. The number of carbonyl (C=O) groups excluding carboxylic acids is 3. The Morgan fingerprint density at radius 3 is 2.50 bits per heavy atom. The van der Waals surface area contributed by atoms with E-state index in [9.17, 15) is 14.4 Å². The van der Waals surface area contributed by atoms with Crippen LogP contribution in [-0.4, -0.2) is 58.6 Å². The third kappa shape index (κ3) is 7.24. The van der Waals surface area contributed by atoms with Gasteiger partial charge in [-0.2, -0.15) is 0 Å². The van der Waals surface area contributed by atoms with Crippen LogP contribution in [0.25, 0.3) is 0 Å². The van der Waals surface area contributed by atoms with E-state index in [0.29, 0.717) is 45.2 Å². The predicted octanol–water partition coefficient (Wildman–Crippen LogP) is 4.87. The van der Waals surface area contributed by atoms with Gasteiger partial charge >= 0.3 is 5.97 Å². The van der Waals surface area contributed by atoms with Crippen LogP contribution in [-0.2, 0) is 35.5 Å². The van der Waals surface area contributed by atoms with Crippen molar-refractivity contribution in [1.29, 1.82) is 0 Å². The average molecular weight is 616 g/mol. The van der Waals surface area contributed by atoms with E-state index < -0.39 is 11.2 Å². The number of nitrogens with one attached hydrogen (secondary N) is 2. The van der Waals surface area contributed by atoms with Crippen molar-refractivity contribution < 1.29 is 28.6 Å². The molecular formula is C29H37N5O6S2. The lowest BCUT2D eigenvalue weighted by Crippen LogP contribution is -2.25. The van der Waals surface area contributed by atoms with Crippen molar-refractivity contribution in [3.8, 4) is 11.5 Å². The lowest BCUT2D eigenvalue weighted by Gasteiger charge is -2.14. The van der Waals surface area contributed by atoms with Crippen molar-refractivity contribution in [2.45, 2.75) is 76.4 Å². The molecule has 0 fully saturated rings. The van der Waals surface area contributed by atoms with Crippen LogP contribution < -0.4 is 20.1 Å². The fraction of sp³-hybridized carbons (Fsp3) is 0.483. The number of amides is 2. The van der Waals surface area contributed by atoms with Gasteiger partial charge < -0.3 is 29.4 Å². The Labute approximate surface area is 253 Å². The highest BCUT2D eigenvalue weighted by Gasteiger charge is 2.30. The van der Waals surface area contributed by atoms with Gasteiger partial charge in [-0.25, -0.2) is 4.79 Å². The van der Waals surface area contributed by atoms with Crippen LogP contribution in [0.2, 0.25) is 0 Å². The van der Waals surface area contributed by atoms with Crippen molar-refractivity contribution in [1.82, 2.24) is 20.1 Å². The molecule has 1 aliphatic rings. The number of aromatic nitrogens is 3. The van der Waals surface area contributed by atoms with Crippen molar-refractivity contribution in [2.24, 2.45) is 0 Å². The Morgan fingerprint density at radius 1 is 1.10 bits per heavy atom. The third-order valence-electron chi connectivity index (χ3n) is 6.84. The summed E-state index contributed by atoms with van der Waals surface area (Å²) in [5.74, 6) is 0.667. The van der Waals surface area contributed by atoms with Crippen LogP contribution in [0.4, 0.5) is 5.00 Å². The quantitative estimate of drug-likeness (QED) is 0.192. The standard InChI is InChI=1S/C29H37N5O6S2/c1-6-8-12-34-23(16-30-26(36)18-13-19(38-4)15-20(14-18)39-5)32-33-29(34)41-17(3)25(35)31-27-24(28(37)40-7-2)21-10-9-11-22(21)42-27/h13-15,17H,6-12,16H2,1-5H3,(H,30,36)(H,31,35)/t17-/m0/s1. The van der Waals surface area contributed by atoms with E-state index in [1.165, 1.54) is 37.3 Å². The largest absolute Gasteiger partial charge is 0.497 e. The van der Waals surface area contributed by atoms with E-state index in [0.717, 1.165) is 42.5 Å². The molecule has 1 aromatic carbocycles. The molecule has 13 heteroatoms. The number of hydrogen-bond acceptors (Lipinski definition) is 10. The molecule has 0 spiro atoms. The molecule has 0 bridgehead atoms. The van der Waals surface area contributed by atoms with Gasteiger partial charge in [-0.15, -0.1) is 21.5 Å². The highest BCUT2D eigenvalue weighted by atomic mass is 32.2. The predicted molar refractivity (Wildman–Crippen MR) is 162 cm³/mol. The number of thioether (sulfide) groups is 1. The first kappa shape index (κ1) is 31.4. The van der Waals surface area contributed by atoms with Gasteiger partial charge in [-0.1, -0.05) is 25.1 Å². The Balaban J connectivity index is 1.46. The molecule has 2 N–H and O–H groups in total. The highest BCUT2D eigenvalue weighted by molar-refractivity contribution is 8.00. The molecule has 11 nitrogen and oxygen atoms in total. The number of benzene rings is 1. The van der Waals surface area contributed by atoms with Gasteiger partial charge in [0.1, 0.15) is 16.5 Å². The number of unbranched alkanes of at least 4 members (excludes halogenated alkanes) is 1. The Morgan fingerprint density at radius 2 is 1.83 bits per heavy atom. The van der Waals surface area contributed by atoms with E-state index in [2.05, 4.69) is 27.8 Å². The number of esters is 1. The molecule has 2 aromatic heterocycles. The first-order chi connectivity index (χ1) is 20.3. The van der Waals surface area contributed by atoms with Crippen molar-refractivity contribution >= 4 is 45.9 Å². The van der Waals surface area contributed by atoms with Crippen LogP contribution in [0.1, 0.15) is 77.0 Å². The number of anilines is 1. The Bertz CT molecular complexity index is 1410. The summed E-state index contributed by atoms with van der Waals surface area (Å²) in [6, 6.07) is 4.97. The lowest BCUT2D eigenvalue weighted by molar-refractivity contribution is -0.115. The van der Waals surface area contributed by atoms with Crippen LogP contribution in [0.5, 0.6) is 11.5 Å². The number of carbonyl (C=O) groups is 3. The van der Waals surface area contributed by atoms with Gasteiger partial charge in [0.25, 0.3) is 5.91 Å². The minimum atomic E-state index is -0.520. The second-order valence-electron chi connectivity index (χ2n) is 9.72. The summed E-state index contributed by atoms with van der Waals surface area (Å²) >= 11 is 2.74. The molecule has 42 heavy (non-hydrogen) atoms. The van der Waals surface area contributed by atoms with Gasteiger partial charge in [0.2, 0.25) is 5.91 Å². The number of nitrogens with zero attached hydrogens (tertiary/aromatic N) is 3. The van der Waals surface area contributed by atoms with Gasteiger partial charge in [-0.05, 0) is 57.2 Å². The molecular weight excluding hydrogens is 578 g/mol. The van der Waals surface area contributed by atoms with Crippen molar-refractivity contribution in [2.75, 3.05) is 26.1 Å². The molecule has 0 saturated heterocycles. The summed E-state index contributed by atoms with van der Waals surface area (Å²) in [5, 5.41) is 15.1. The van der Waals surface area contributed by atoms with Crippen LogP contribution in [0, 0.1) is 0 Å². The SMILES string of the molecule is CCCCn1c(CNC(=O)c2cc(OC)cc(OC)c2)nnc1S[C@@H](C)C(=O)Nc1sc2c(c1C(=O)OCC)CCC2. The maximum Gasteiger partial charge on any atom is 0.341 e. The van der Waals surface area contributed by atoms with E-state index in [-0.39, 0.29) is 25.0 Å². The highest BCUT2D eigenvalue weighted by Crippen LogP contribution is 2.40. The normalized spacial score (nSPS) is 12.9. The molecule has 2 heterocycles. The van der Waals surface area contributed by atoms with E-state index >= 15 is 0 Å². The van der Waals surface area contributed by atoms with Crippen molar-refractivity contribution in [3.63, 3.8) is 0 Å². The maximum atomic E-state index is 13.3. The molecule has 4 rings (SSSR count). The minimum Gasteiger partial charge on any atom is -0.497 e. The summed E-state index contributed by atoms with van der Waals surface area (Å²) in [6.07, 6.45) is 4.54. The molecule has 2 amide bonds. The van der Waals surface area contributed by atoms with Crippen LogP contribution in [0.3, 0.4) is 0 Å². The number of thiophene rings is 1. The number of rotatable bonds is 14. The number of hydrogen-bond donors (Lipinski definition) is 2. The number of ether oxygens (including phenoxy) is 3. The van der Waals surface area contributed by atoms with Crippen LogP contribution in [0.15, 0.2) is 23.4 Å². The third-order valence-corrected chi connectivity index (χ3v) is 9.13. The molecule has 3 aromatic rings. The summed E-state index contributed by atoms with van der Waals surface area (Å²) in [4.78, 5) is 40.0. The number of fused-ring (bicyclic) bond motifs is 1. The Kier molecular flexibility index (Phi) is 10.9. The second kappa shape index (κ2) is 14.5. The summed E-state index contributed by atoms with van der Waals surface area (Å²) in [5.41, 5.74) is 1.87. The van der Waals surface area contributed by atoms with Gasteiger partial charge in [-0.3, -0.25) is 9.59 Å². The van der Waals surface area contributed by atoms with Gasteiger partial charge in [0.15, 0.2) is 11.0 Å². The topological polar surface area (TPSA) is 134 Å². The zero-order valence-electron chi connectivity index (χ0n) is 24.6. The average Bonchev–Trinajstić information content (AvgIpc) is 3.69. The number of methoxy groups -OCH3 is 2. The van der Waals surface area contributed by atoms with Gasteiger partial charge in [0, 0.05) is 23.1 Å². The molecule has 1 aliphatic carbocycles. The zero-order valence-corrected chi connectivity index (χ0v) is 26.2. The lowest BCUT2D eigenvalue weighted by atomic mass is 10.1. The first-order valence-electron chi connectivity index (χ1n) is 14.0. The molecule has 226 valence electrons. The smallest absolute Gasteiger partial charge is 0.341 e. The monoisotopic (exact) mass is 615 g/mol. The molecule has 0 aliphatic heterocycles. The van der Waals surface area contributed by atoms with E-state index in [1.807, 2.05) is 4.57 Å². The molecule has 0 unspecified atom stereocenters. The first-order valence-corrected chi connectivity index (χ1v) is 15.7. The van der Waals surface area contributed by atoms with E-state index in [1.54, 1.807) is 32.0 Å². The molecule has 1 atom stereocenters. The summed E-state index contributed by atoms with van der Waals surface area (Å²) < 4.78 is 17.8. The fourth-order valence-electron chi connectivity index (χ4n) is 4.61. The second-order valence-corrected chi connectivity index (χ2v) is 12.1. The molecule has 0 radical (unpaired) electrons. The van der Waals surface area contributed by atoms with Crippen molar-refractivity contribution in [3.05, 3.63) is 45.6 Å². The van der Waals surface area contributed by atoms with E-state index in [4.69, 9.17) is 14.2 Å². The minimum absolute atomic E-state index is 0.153. The zero-order chi connectivity index (χ0) is 30.2. The number of aryl methyl sites for hydroxylation is 1. The summed E-state index contributed by atoms with van der Waals surface area (Å²) in [6.45, 7) is 6.72. The van der Waals surface area contributed by atoms with Crippen LogP contribution >= 0.6 is 23.1 Å².